The van der Waals surface area contributed by atoms with Crippen LogP contribution in [0.25, 0.3) is 0 Å². The number of hydrogen-bond donors (Lipinski definition) is 0. The molecule has 0 saturated carbocycles. The van der Waals surface area contributed by atoms with Gasteiger partial charge in [-0.3, -0.25) is 4.79 Å². The molecule has 96 valence electrons. The summed E-state index contributed by atoms with van der Waals surface area (Å²) >= 11 is 1.30. The van der Waals surface area contributed by atoms with E-state index in [0.29, 0.717) is 11.8 Å². The van der Waals surface area contributed by atoms with Crippen LogP contribution in [-0.4, -0.2) is 38.0 Å². The van der Waals surface area contributed by atoms with Gasteiger partial charge in [-0.2, -0.15) is 0 Å². The smallest absolute Gasteiger partial charge is 0.319 e. The second kappa shape index (κ2) is 5.48. The van der Waals surface area contributed by atoms with Crippen LogP contribution >= 0.6 is 11.8 Å². The molecule has 1 heterocycles. The maximum absolute atomic E-state index is 11.5. The van der Waals surface area contributed by atoms with Gasteiger partial charge in [0.2, 0.25) is 5.16 Å². The van der Waals surface area contributed by atoms with Crippen molar-refractivity contribution >= 4 is 17.7 Å². The highest BCUT2D eigenvalue weighted by molar-refractivity contribution is 8.00. The van der Waals surface area contributed by atoms with E-state index in [2.05, 4.69) is 15.5 Å². The zero-order valence-corrected chi connectivity index (χ0v) is 11.6. The molecule has 0 spiro atoms. The number of carbonyl (C=O) groups excluding carboxylic acids is 1. The lowest BCUT2D eigenvalue weighted by atomic mass is 10.1. The van der Waals surface area contributed by atoms with Crippen LogP contribution in [0.2, 0.25) is 0 Å². The summed E-state index contributed by atoms with van der Waals surface area (Å²) < 4.78 is 6.64. The minimum Gasteiger partial charge on any atom is -0.465 e. The molecule has 0 aliphatic carbocycles. The Bertz CT molecular complexity index is 386. The lowest BCUT2D eigenvalue weighted by Gasteiger charge is -2.20. The molecule has 1 aromatic rings. The lowest BCUT2D eigenvalue weighted by Crippen LogP contribution is -2.25. The van der Waals surface area contributed by atoms with Crippen LogP contribution < -0.4 is 0 Å². The number of hydrogen-bond acceptors (Lipinski definition) is 6. The molecule has 0 N–H and O–H groups in total. The number of esters is 1. The van der Waals surface area contributed by atoms with E-state index in [-0.39, 0.29) is 16.8 Å². The number of ether oxygens (including phenoxy) is 1. The third kappa shape index (κ3) is 3.69. The standard InChI is InChI=1S/C10H18N4O2S/c1-6-16-8(15)7(2)17-9-11-12-13-14(9)10(3,4)5/h7H,6H2,1-5H3. The maximum atomic E-state index is 11.5. The average Bonchev–Trinajstić information content (AvgIpc) is 2.65. The van der Waals surface area contributed by atoms with Crippen molar-refractivity contribution in [2.45, 2.75) is 50.6 Å². The summed E-state index contributed by atoms with van der Waals surface area (Å²) in [5, 5.41) is 11.8. The summed E-state index contributed by atoms with van der Waals surface area (Å²) in [6.07, 6.45) is 0. The zero-order valence-electron chi connectivity index (χ0n) is 10.8. The second-order valence-corrected chi connectivity index (χ2v) is 5.86. The molecule has 1 unspecified atom stereocenters. The second-order valence-electron chi connectivity index (χ2n) is 4.56. The third-order valence-corrected chi connectivity index (χ3v) is 2.99. The topological polar surface area (TPSA) is 69.9 Å². The van der Waals surface area contributed by atoms with Gasteiger partial charge in [0.15, 0.2) is 0 Å². The van der Waals surface area contributed by atoms with Crippen molar-refractivity contribution in [2.24, 2.45) is 0 Å². The van der Waals surface area contributed by atoms with Gasteiger partial charge in [0.1, 0.15) is 5.25 Å². The van der Waals surface area contributed by atoms with E-state index >= 15 is 0 Å². The van der Waals surface area contributed by atoms with E-state index in [1.165, 1.54) is 11.8 Å². The first-order valence-corrected chi connectivity index (χ1v) is 6.36. The predicted molar refractivity (Wildman–Crippen MR) is 64.8 cm³/mol. The van der Waals surface area contributed by atoms with Crippen LogP contribution in [0.5, 0.6) is 0 Å². The first-order valence-electron chi connectivity index (χ1n) is 5.48. The average molecular weight is 258 g/mol. The molecule has 1 rings (SSSR count). The van der Waals surface area contributed by atoms with Crippen LogP contribution in [0.4, 0.5) is 0 Å². The number of thioether (sulfide) groups is 1. The lowest BCUT2D eigenvalue weighted by molar-refractivity contribution is -0.142. The van der Waals surface area contributed by atoms with Crippen molar-refractivity contribution in [3.8, 4) is 0 Å². The number of aromatic nitrogens is 4. The summed E-state index contributed by atoms with van der Waals surface area (Å²) in [5.41, 5.74) is -0.208. The maximum Gasteiger partial charge on any atom is 0.319 e. The number of nitrogens with zero attached hydrogens (tertiary/aromatic N) is 4. The highest BCUT2D eigenvalue weighted by atomic mass is 32.2. The largest absolute Gasteiger partial charge is 0.465 e. The van der Waals surface area contributed by atoms with Crippen molar-refractivity contribution in [1.82, 2.24) is 20.2 Å². The van der Waals surface area contributed by atoms with E-state index in [0.717, 1.165) is 0 Å². The molecule has 0 saturated heterocycles. The van der Waals surface area contributed by atoms with Gasteiger partial charge in [-0.15, -0.1) is 5.10 Å². The van der Waals surface area contributed by atoms with Gasteiger partial charge in [-0.1, -0.05) is 11.8 Å². The van der Waals surface area contributed by atoms with E-state index in [1.54, 1.807) is 18.5 Å². The summed E-state index contributed by atoms with van der Waals surface area (Å²) in [4.78, 5) is 11.5. The van der Waals surface area contributed by atoms with Crippen LogP contribution in [0, 0.1) is 0 Å². The van der Waals surface area contributed by atoms with Gasteiger partial charge < -0.3 is 4.74 Å². The quantitative estimate of drug-likeness (QED) is 0.601. The van der Waals surface area contributed by atoms with Gasteiger partial charge in [-0.05, 0) is 45.0 Å². The summed E-state index contributed by atoms with van der Waals surface area (Å²) in [7, 11) is 0. The SMILES string of the molecule is CCOC(=O)C(C)Sc1nnnn1C(C)(C)C. The Morgan fingerprint density at radius 2 is 2.18 bits per heavy atom. The van der Waals surface area contributed by atoms with Crippen molar-refractivity contribution in [3.63, 3.8) is 0 Å². The Morgan fingerprint density at radius 1 is 1.53 bits per heavy atom. The molecule has 0 bridgehead atoms. The fraction of sp³-hybridized carbons (Fsp3) is 0.800. The van der Waals surface area contributed by atoms with Gasteiger partial charge >= 0.3 is 5.97 Å². The summed E-state index contributed by atoms with van der Waals surface area (Å²) in [6.45, 7) is 9.96. The van der Waals surface area contributed by atoms with E-state index < -0.39 is 0 Å². The van der Waals surface area contributed by atoms with Crippen molar-refractivity contribution < 1.29 is 9.53 Å². The monoisotopic (exact) mass is 258 g/mol. The van der Waals surface area contributed by atoms with E-state index in [1.807, 2.05) is 20.8 Å². The molecule has 0 radical (unpaired) electrons. The molecule has 0 fully saturated rings. The van der Waals surface area contributed by atoms with Gasteiger partial charge in [0, 0.05) is 0 Å². The van der Waals surface area contributed by atoms with E-state index in [9.17, 15) is 4.79 Å². The van der Waals surface area contributed by atoms with Crippen molar-refractivity contribution in [2.75, 3.05) is 6.61 Å². The molecule has 1 aromatic heterocycles. The minimum atomic E-state index is -0.318. The fourth-order valence-electron chi connectivity index (χ4n) is 1.14. The molecular weight excluding hydrogens is 240 g/mol. The molecule has 0 aromatic carbocycles. The predicted octanol–water partition coefficient (Wildman–Crippen LogP) is 1.47. The fourth-order valence-corrected chi connectivity index (χ4v) is 2.11. The first kappa shape index (κ1) is 14.0. The molecule has 0 amide bonds. The first-order chi connectivity index (χ1) is 7.86. The highest BCUT2D eigenvalue weighted by Gasteiger charge is 2.24. The Balaban J connectivity index is 2.76. The van der Waals surface area contributed by atoms with Gasteiger partial charge in [0.05, 0.1) is 12.1 Å². The Morgan fingerprint density at radius 3 is 2.71 bits per heavy atom. The normalized spacial score (nSPS) is 13.5. The third-order valence-electron chi connectivity index (χ3n) is 1.98. The zero-order chi connectivity index (χ0) is 13.1. The van der Waals surface area contributed by atoms with E-state index in [4.69, 9.17) is 4.74 Å². The Hall–Kier alpha value is -1.11. The molecule has 7 heteroatoms. The van der Waals surface area contributed by atoms with Crippen molar-refractivity contribution in [3.05, 3.63) is 0 Å². The van der Waals surface area contributed by atoms with Gasteiger partial charge in [-0.25, -0.2) is 4.68 Å². The number of tetrazole rings is 1. The molecule has 1 atom stereocenters. The molecule has 17 heavy (non-hydrogen) atoms. The molecular formula is C10H18N4O2S. The number of rotatable bonds is 4. The minimum absolute atomic E-state index is 0.208. The van der Waals surface area contributed by atoms with Crippen LogP contribution in [0.15, 0.2) is 5.16 Å². The van der Waals surface area contributed by atoms with Crippen LogP contribution in [0.3, 0.4) is 0 Å². The van der Waals surface area contributed by atoms with Gasteiger partial charge in [0.25, 0.3) is 0 Å². The molecule has 0 aliphatic rings. The Kier molecular flexibility index (Phi) is 4.50. The Labute approximate surface area is 105 Å². The van der Waals surface area contributed by atoms with Crippen LogP contribution in [-0.2, 0) is 15.1 Å². The summed E-state index contributed by atoms with van der Waals surface area (Å²) in [5.74, 6) is -0.249. The van der Waals surface area contributed by atoms with Crippen molar-refractivity contribution in [1.29, 1.82) is 0 Å². The molecule has 6 nitrogen and oxygen atoms in total. The van der Waals surface area contributed by atoms with Crippen LogP contribution in [0.1, 0.15) is 34.6 Å². The number of carbonyl (C=O) groups is 1. The highest BCUT2D eigenvalue weighted by Crippen LogP contribution is 2.25. The molecule has 0 aliphatic heterocycles. The summed E-state index contributed by atoms with van der Waals surface area (Å²) in [6, 6.07) is 0.